The van der Waals surface area contributed by atoms with Gasteiger partial charge in [-0.25, -0.2) is 0 Å². The Morgan fingerprint density at radius 2 is 2.29 bits per heavy atom. The molecule has 0 aliphatic heterocycles. The topological polar surface area (TPSA) is 81.1 Å². The Bertz CT molecular complexity index is 399. The normalized spacial score (nSPS) is 15.2. The van der Waals surface area contributed by atoms with Gasteiger partial charge in [0.15, 0.2) is 5.69 Å². The van der Waals surface area contributed by atoms with Gasteiger partial charge in [0.25, 0.3) is 5.91 Å². The van der Waals surface area contributed by atoms with E-state index in [0.29, 0.717) is 18.2 Å². The molecule has 1 aliphatic carbocycles. The standard InChI is InChI=1S/C11H17N3O2.ClH/c1-11(2,6-12)13-10(15)8-5-9(16-14-8)7-3-4-7;/h5,7H,3-4,6,12H2,1-2H3,(H,13,15);1H. The number of hydrogen-bond acceptors (Lipinski definition) is 4. The number of nitrogens with two attached hydrogens (primary N) is 1. The van der Waals surface area contributed by atoms with Gasteiger partial charge in [0.05, 0.1) is 0 Å². The Kier molecular flexibility index (Phi) is 4.16. The van der Waals surface area contributed by atoms with Gasteiger partial charge < -0.3 is 15.6 Å². The van der Waals surface area contributed by atoms with E-state index in [1.54, 1.807) is 6.07 Å². The molecule has 1 fully saturated rings. The molecule has 1 aromatic rings. The van der Waals surface area contributed by atoms with E-state index in [0.717, 1.165) is 18.6 Å². The van der Waals surface area contributed by atoms with Crippen molar-refractivity contribution in [1.29, 1.82) is 0 Å². The Morgan fingerprint density at radius 1 is 1.65 bits per heavy atom. The molecule has 0 atom stereocenters. The van der Waals surface area contributed by atoms with Gasteiger partial charge in [0.2, 0.25) is 0 Å². The number of rotatable bonds is 4. The summed E-state index contributed by atoms with van der Waals surface area (Å²) >= 11 is 0. The summed E-state index contributed by atoms with van der Waals surface area (Å²) < 4.78 is 5.12. The monoisotopic (exact) mass is 259 g/mol. The second-order valence-corrected chi connectivity index (χ2v) is 4.93. The number of carbonyl (C=O) groups is 1. The summed E-state index contributed by atoms with van der Waals surface area (Å²) in [5.74, 6) is 1.05. The van der Waals surface area contributed by atoms with Crippen LogP contribution in [0.5, 0.6) is 0 Å². The van der Waals surface area contributed by atoms with Crippen molar-refractivity contribution in [3.8, 4) is 0 Å². The van der Waals surface area contributed by atoms with E-state index < -0.39 is 5.54 Å². The first-order chi connectivity index (χ1) is 7.52. The molecule has 0 radical (unpaired) electrons. The quantitative estimate of drug-likeness (QED) is 0.857. The van der Waals surface area contributed by atoms with Crippen LogP contribution >= 0.6 is 12.4 Å². The molecule has 1 saturated carbocycles. The van der Waals surface area contributed by atoms with Gasteiger partial charge in [0.1, 0.15) is 5.76 Å². The number of hydrogen-bond donors (Lipinski definition) is 2. The van der Waals surface area contributed by atoms with Gasteiger partial charge in [0, 0.05) is 24.1 Å². The van der Waals surface area contributed by atoms with E-state index in [1.807, 2.05) is 13.8 Å². The minimum Gasteiger partial charge on any atom is -0.360 e. The molecule has 0 unspecified atom stereocenters. The SMILES string of the molecule is CC(C)(CN)NC(=O)c1cc(C2CC2)on1.Cl. The smallest absolute Gasteiger partial charge is 0.273 e. The maximum Gasteiger partial charge on any atom is 0.273 e. The first-order valence-corrected chi connectivity index (χ1v) is 5.51. The Morgan fingerprint density at radius 3 is 2.82 bits per heavy atom. The van der Waals surface area contributed by atoms with Crippen molar-refractivity contribution >= 4 is 18.3 Å². The van der Waals surface area contributed by atoms with Gasteiger partial charge in [-0.1, -0.05) is 5.16 Å². The lowest BCUT2D eigenvalue weighted by Crippen LogP contribution is -2.48. The van der Waals surface area contributed by atoms with E-state index in [9.17, 15) is 4.79 Å². The molecule has 17 heavy (non-hydrogen) atoms. The summed E-state index contributed by atoms with van der Waals surface area (Å²) in [5, 5.41) is 6.58. The summed E-state index contributed by atoms with van der Waals surface area (Å²) in [5.41, 5.74) is 5.45. The largest absolute Gasteiger partial charge is 0.360 e. The second-order valence-electron chi connectivity index (χ2n) is 4.93. The third-order valence-electron chi connectivity index (χ3n) is 2.70. The second kappa shape index (κ2) is 5.06. The number of nitrogens with one attached hydrogen (secondary N) is 1. The highest BCUT2D eigenvalue weighted by molar-refractivity contribution is 5.92. The summed E-state index contributed by atoms with van der Waals surface area (Å²) in [6.07, 6.45) is 2.26. The Hall–Kier alpha value is -1.07. The van der Waals surface area contributed by atoms with Crippen LogP contribution in [0, 0.1) is 0 Å². The molecule has 96 valence electrons. The van der Waals surface area contributed by atoms with E-state index in [4.69, 9.17) is 10.3 Å². The summed E-state index contributed by atoms with van der Waals surface area (Å²) in [6, 6.07) is 1.72. The molecule has 0 saturated heterocycles. The van der Waals surface area contributed by atoms with Crippen LogP contribution in [-0.4, -0.2) is 23.1 Å². The van der Waals surface area contributed by atoms with Crippen molar-refractivity contribution in [2.24, 2.45) is 5.73 Å². The first-order valence-electron chi connectivity index (χ1n) is 5.51. The minimum atomic E-state index is -0.421. The first kappa shape index (κ1) is 14.0. The van der Waals surface area contributed by atoms with Gasteiger partial charge in [-0.15, -0.1) is 12.4 Å². The van der Waals surface area contributed by atoms with Crippen LogP contribution in [0.3, 0.4) is 0 Å². The predicted octanol–water partition coefficient (Wildman–Crippen LogP) is 1.44. The van der Waals surface area contributed by atoms with Crippen LogP contribution in [0.4, 0.5) is 0 Å². The van der Waals surface area contributed by atoms with Crippen LogP contribution in [0.25, 0.3) is 0 Å². The van der Waals surface area contributed by atoms with Crippen molar-refractivity contribution in [3.63, 3.8) is 0 Å². The van der Waals surface area contributed by atoms with Crippen LogP contribution in [0.1, 0.15) is 48.9 Å². The fraction of sp³-hybridized carbons (Fsp3) is 0.636. The lowest BCUT2D eigenvalue weighted by molar-refractivity contribution is 0.0906. The Labute approximate surface area is 107 Å². The zero-order valence-electron chi connectivity index (χ0n) is 10.0. The molecule has 0 aromatic carbocycles. The minimum absolute atomic E-state index is 0. The van der Waals surface area contributed by atoms with Gasteiger partial charge in [-0.05, 0) is 26.7 Å². The van der Waals surface area contributed by atoms with E-state index in [-0.39, 0.29) is 18.3 Å². The molecule has 0 bridgehead atoms. The van der Waals surface area contributed by atoms with Gasteiger partial charge in [-0.2, -0.15) is 0 Å². The average molecular weight is 260 g/mol. The summed E-state index contributed by atoms with van der Waals surface area (Å²) in [4.78, 5) is 11.8. The highest BCUT2D eigenvalue weighted by atomic mass is 35.5. The maximum absolute atomic E-state index is 11.8. The lowest BCUT2D eigenvalue weighted by Gasteiger charge is -2.23. The molecule has 3 N–H and O–H groups in total. The van der Waals surface area contributed by atoms with E-state index >= 15 is 0 Å². The van der Waals surface area contributed by atoms with Crippen molar-refractivity contribution in [2.45, 2.75) is 38.1 Å². The number of aromatic nitrogens is 1. The highest BCUT2D eigenvalue weighted by Gasteiger charge is 2.29. The number of amides is 1. The van der Waals surface area contributed by atoms with E-state index in [1.165, 1.54) is 0 Å². The lowest BCUT2D eigenvalue weighted by atomic mass is 10.1. The average Bonchev–Trinajstić information content (AvgIpc) is 2.96. The van der Waals surface area contributed by atoms with Gasteiger partial charge in [-0.3, -0.25) is 4.79 Å². The van der Waals surface area contributed by atoms with Crippen LogP contribution in [0.2, 0.25) is 0 Å². The number of nitrogens with zero attached hydrogens (tertiary/aromatic N) is 1. The molecule has 5 nitrogen and oxygen atoms in total. The molecule has 1 amide bonds. The zero-order chi connectivity index (χ0) is 11.8. The van der Waals surface area contributed by atoms with Crippen molar-refractivity contribution in [3.05, 3.63) is 17.5 Å². The molecule has 0 spiro atoms. The van der Waals surface area contributed by atoms with E-state index in [2.05, 4.69) is 10.5 Å². The molecule has 6 heteroatoms. The molecular formula is C11H18ClN3O2. The maximum atomic E-state index is 11.8. The number of carbonyl (C=O) groups excluding carboxylic acids is 1. The predicted molar refractivity (Wildman–Crippen MR) is 66.3 cm³/mol. The summed E-state index contributed by atoms with van der Waals surface area (Å²) in [6.45, 7) is 4.12. The third kappa shape index (κ3) is 3.44. The molecular weight excluding hydrogens is 242 g/mol. The highest BCUT2D eigenvalue weighted by Crippen LogP contribution is 2.40. The fourth-order valence-electron chi connectivity index (χ4n) is 1.38. The molecule has 2 rings (SSSR count). The number of halogens is 1. The molecule has 1 aliphatic rings. The van der Waals surface area contributed by atoms with Crippen molar-refractivity contribution in [2.75, 3.05) is 6.54 Å². The van der Waals surface area contributed by atoms with Crippen molar-refractivity contribution in [1.82, 2.24) is 10.5 Å². The molecule has 1 heterocycles. The van der Waals surface area contributed by atoms with Crippen LogP contribution in [-0.2, 0) is 0 Å². The third-order valence-corrected chi connectivity index (χ3v) is 2.70. The van der Waals surface area contributed by atoms with Crippen molar-refractivity contribution < 1.29 is 9.32 Å². The summed E-state index contributed by atoms with van der Waals surface area (Å²) in [7, 11) is 0. The zero-order valence-corrected chi connectivity index (χ0v) is 10.8. The fourth-order valence-corrected chi connectivity index (χ4v) is 1.38. The Balaban J connectivity index is 0.00000144. The van der Waals surface area contributed by atoms with Crippen LogP contribution < -0.4 is 11.1 Å². The molecule has 1 aromatic heterocycles. The van der Waals surface area contributed by atoms with Gasteiger partial charge >= 0.3 is 0 Å². The van der Waals surface area contributed by atoms with Crippen LogP contribution in [0.15, 0.2) is 10.6 Å².